The van der Waals surface area contributed by atoms with Crippen molar-refractivity contribution in [2.45, 2.75) is 6.92 Å². The maximum absolute atomic E-state index is 11.5. The summed E-state index contributed by atoms with van der Waals surface area (Å²) in [5.41, 5.74) is 0.177. The van der Waals surface area contributed by atoms with E-state index in [-0.39, 0.29) is 17.3 Å². The van der Waals surface area contributed by atoms with Crippen LogP contribution < -0.4 is 0 Å². The highest BCUT2D eigenvalue weighted by molar-refractivity contribution is 6.52. The maximum atomic E-state index is 11.5. The number of carbonyl (C=O) groups is 1. The Morgan fingerprint density at radius 3 is 2.65 bits per heavy atom. The summed E-state index contributed by atoms with van der Waals surface area (Å²) in [5, 5.41) is 0.381. The molecule has 0 saturated heterocycles. The highest BCUT2D eigenvalue weighted by Crippen LogP contribution is 2.30. The Bertz CT molecular complexity index is 503. The number of carbonyl (C=O) groups excluding carboxylic acids is 1. The second-order valence-corrected chi connectivity index (χ2v) is 3.76. The van der Waals surface area contributed by atoms with Crippen molar-refractivity contribution in [3.8, 4) is 0 Å². The van der Waals surface area contributed by atoms with Gasteiger partial charge in [-0.2, -0.15) is 0 Å². The molecule has 3 nitrogen and oxygen atoms in total. The third kappa shape index (κ3) is 3.23. The van der Waals surface area contributed by atoms with Crippen LogP contribution >= 0.6 is 23.2 Å². The smallest absolute Gasteiger partial charge is 0.337 e. The molecular formula is C12H9Cl2NO2. The summed E-state index contributed by atoms with van der Waals surface area (Å²) in [7, 11) is 0. The number of benzene rings is 1. The molecule has 0 aliphatic rings. The molecule has 5 heteroatoms. The molecule has 0 saturated carbocycles. The average molecular weight is 270 g/mol. The van der Waals surface area contributed by atoms with Crippen molar-refractivity contribution in [1.29, 1.82) is 0 Å². The van der Waals surface area contributed by atoms with Gasteiger partial charge in [0.05, 0.1) is 18.2 Å². The Morgan fingerprint density at radius 1 is 1.47 bits per heavy atom. The molecule has 0 bridgehead atoms. The summed E-state index contributed by atoms with van der Waals surface area (Å²) in [6.45, 7) is 8.80. The van der Waals surface area contributed by atoms with Gasteiger partial charge in [-0.05, 0) is 13.0 Å². The van der Waals surface area contributed by atoms with Crippen LogP contribution in [-0.4, -0.2) is 12.6 Å². The van der Waals surface area contributed by atoms with Crippen LogP contribution in [0.5, 0.6) is 0 Å². The first-order valence-electron chi connectivity index (χ1n) is 4.81. The Balaban J connectivity index is 3.24. The van der Waals surface area contributed by atoms with Crippen molar-refractivity contribution in [2.24, 2.45) is 0 Å². The summed E-state index contributed by atoms with van der Waals surface area (Å²) >= 11 is 11.9. The van der Waals surface area contributed by atoms with Crippen molar-refractivity contribution in [1.82, 2.24) is 0 Å². The van der Waals surface area contributed by atoms with Crippen LogP contribution in [0.3, 0.4) is 0 Å². The van der Waals surface area contributed by atoms with Gasteiger partial charge in [0.1, 0.15) is 0 Å². The standard InChI is InChI=1S/C12H9Cl2NO2/c1-3-17-12(16)11(15-2)10(14)8-6-4-5-7-9(8)13/h4-7H,3H2,1H3/b11-10-. The molecule has 0 unspecified atom stereocenters. The molecule has 0 heterocycles. The second-order valence-electron chi connectivity index (χ2n) is 2.97. The molecule has 0 amide bonds. The first-order valence-corrected chi connectivity index (χ1v) is 5.56. The minimum Gasteiger partial charge on any atom is -0.471 e. The van der Waals surface area contributed by atoms with Gasteiger partial charge in [-0.15, -0.1) is 0 Å². The van der Waals surface area contributed by atoms with Crippen molar-refractivity contribution in [3.63, 3.8) is 0 Å². The third-order valence-electron chi connectivity index (χ3n) is 1.90. The molecular weight excluding hydrogens is 261 g/mol. The van der Waals surface area contributed by atoms with Crippen LogP contribution in [0.15, 0.2) is 30.0 Å². The van der Waals surface area contributed by atoms with Crippen LogP contribution in [0.1, 0.15) is 12.5 Å². The topological polar surface area (TPSA) is 30.7 Å². The SMILES string of the molecule is [C-]#[N+]/C(C(=O)OCC)=C(\Cl)c1ccccc1Cl. The van der Waals surface area contributed by atoms with E-state index in [2.05, 4.69) is 4.85 Å². The predicted molar refractivity (Wildman–Crippen MR) is 67.5 cm³/mol. The first-order chi connectivity index (χ1) is 8.11. The Hall–Kier alpha value is -1.50. The number of rotatable bonds is 3. The van der Waals surface area contributed by atoms with E-state index in [1.54, 1.807) is 31.2 Å². The molecule has 0 fully saturated rings. The van der Waals surface area contributed by atoms with Crippen LogP contribution in [0.4, 0.5) is 0 Å². The third-order valence-corrected chi connectivity index (χ3v) is 2.61. The van der Waals surface area contributed by atoms with Gasteiger partial charge in [-0.3, -0.25) is 4.79 Å². The van der Waals surface area contributed by atoms with E-state index < -0.39 is 5.97 Å². The van der Waals surface area contributed by atoms with Gasteiger partial charge in [0.25, 0.3) is 5.70 Å². The number of nitrogens with zero attached hydrogens (tertiary/aromatic N) is 1. The highest BCUT2D eigenvalue weighted by atomic mass is 35.5. The van der Waals surface area contributed by atoms with Gasteiger partial charge in [-0.1, -0.05) is 41.4 Å². The number of ether oxygens (including phenoxy) is 1. The van der Waals surface area contributed by atoms with E-state index in [0.717, 1.165) is 0 Å². The molecule has 1 aromatic rings. The van der Waals surface area contributed by atoms with E-state index in [4.69, 9.17) is 34.5 Å². The van der Waals surface area contributed by atoms with Crippen LogP contribution in [0.25, 0.3) is 9.88 Å². The summed E-state index contributed by atoms with van der Waals surface area (Å²) < 4.78 is 4.74. The fourth-order valence-corrected chi connectivity index (χ4v) is 1.71. The van der Waals surface area contributed by atoms with Gasteiger partial charge in [0.15, 0.2) is 0 Å². The molecule has 0 atom stereocenters. The van der Waals surface area contributed by atoms with Crippen molar-refractivity contribution < 1.29 is 9.53 Å². The Morgan fingerprint density at radius 2 is 2.12 bits per heavy atom. The quantitative estimate of drug-likeness (QED) is 0.476. The lowest BCUT2D eigenvalue weighted by Gasteiger charge is -2.05. The van der Waals surface area contributed by atoms with E-state index >= 15 is 0 Å². The molecule has 0 spiro atoms. The van der Waals surface area contributed by atoms with E-state index in [1.807, 2.05) is 0 Å². The van der Waals surface area contributed by atoms with E-state index in [1.165, 1.54) is 0 Å². The van der Waals surface area contributed by atoms with Gasteiger partial charge >= 0.3 is 5.97 Å². The average Bonchev–Trinajstić information content (AvgIpc) is 2.30. The van der Waals surface area contributed by atoms with Crippen LogP contribution in [0, 0.1) is 6.57 Å². The molecule has 0 radical (unpaired) electrons. The summed E-state index contributed by atoms with van der Waals surface area (Å²) in [6, 6.07) is 6.72. The number of hydrogen-bond donors (Lipinski definition) is 0. The van der Waals surface area contributed by atoms with Crippen molar-refractivity contribution >= 4 is 34.2 Å². The minimum absolute atomic E-state index is 0.00375. The molecule has 0 N–H and O–H groups in total. The molecule has 17 heavy (non-hydrogen) atoms. The highest BCUT2D eigenvalue weighted by Gasteiger charge is 2.18. The lowest BCUT2D eigenvalue weighted by molar-refractivity contribution is -0.138. The molecule has 88 valence electrons. The fraction of sp³-hybridized carbons (Fsp3) is 0.167. The summed E-state index contributed by atoms with van der Waals surface area (Å²) in [6.07, 6.45) is 0. The maximum Gasteiger partial charge on any atom is 0.337 e. The zero-order chi connectivity index (χ0) is 12.8. The lowest BCUT2D eigenvalue weighted by atomic mass is 10.2. The van der Waals surface area contributed by atoms with Gasteiger partial charge in [-0.25, -0.2) is 4.85 Å². The molecule has 1 aromatic carbocycles. The minimum atomic E-state index is -0.743. The molecule has 0 aliphatic heterocycles. The van der Waals surface area contributed by atoms with Crippen LogP contribution in [-0.2, 0) is 9.53 Å². The van der Waals surface area contributed by atoms with Crippen molar-refractivity contribution in [3.05, 3.63) is 52.0 Å². The number of esters is 1. The van der Waals surface area contributed by atoms with E-state index in [9.17, 15) is 4.79 Å². The Kier molecular flexibility index (Phi) is 5.02. The monoisotopic (exact) mass is 269 g/mol. The second kappa shape index (κ2) is 6.29. The van der Waals surface area contributed by atoms with Gasteiger partial charge < -0.3 is 4.74 Å². The lowest BCUT2D eigenvalue weighted by Crippen LogP contribution is -2.06. The molecule has 1 rings (SSSR count). The number of hydrogen-bond acceptors (Lipinski definition) is 2. The largest absolute Gasteiger partial charge is 0.471 e. The zero-order valence-electron chi connectivity index (χ0n) is 9.04. The molecule has 0 aromatic heterocycles. The normalized spacial score (nSPS) is 11.4. The van der Waals surface area contributed by atoms with Crippen molar-refractivity contribution in [2.75, 3.05) is 6.61 Å². The Labute approximate surface area is 109 Å². The van der Waals surface area contributed by atoms with Gasteiger partial charge in [0, 0.05) is 10.6 Å². The summed E-state index contributed by atoms with van der Waals surface area (Å²) in [5.74, 6) is -0.743. The molecule has 0 aliphatic carbocycles. The predicted octanol–water partition coefficient (Wildman–Crippen LogP) is 3.73. The summed E-state index contributed by atoms with van der Waals surface area (Å²) in [4.78, 5) is 14.6. The fourth-order valence-electron chi connectivity index (χ4n) is 1.15. The van der Waals surface area contributed by atoms with Crippen LogP contribution in [0.2, 0.25) is 5.02 Å². The first kappa shape index (κ1) is 13.6. The zero-order valence-corrected chi connectivity index (χ0v) is 10.5. The van der Waals surface area contributed by atoms with Gasteiger partial charge in [0.2, 0.25) is 0 Å². The number of halogens is 2. The van der Waals surface area contributed by atoms with E-state index in [0.29, 0.717) is 10.6 Å².